The van der Waals surface area contributed by atoms with E-state index in [1.165, 1.54) is 22.4 Å². The van der Waals surface area contributed by atoms with Crippen LogP contribution in [0.2, 0.25) is 0 Å². The quantitative estimate of drug-likeness (QED) is 0.820. The van der Waals surface area contributed by atoms with Crippen LogP contribution in [-0.2, 0) is 13.0 Å². The molecule has 0 radical (unpaired) electrons. The second-order valence-electron chi connectivity index (χ2n) is 5.75. The minimum atomic E-state index is 0.983. The van der Waals surface area contributed by atoms with Crippen molar-refractivity contribution in [3.63, 3.8) is 0 Å². The fraction of sp³-hybridized carbons (Fsp3) is 0.333. The van der Waals surface area contributed by atoms with E-state index in [9.17, 15) is 0 Å². The largest absolute Gasteiger partial charge is 0.377 e. The summed E-state index contributed by atoms with van der Waals surface area (Å²) in [4.78, 5) is 4.37. The van der Waals surface area contributed by atoms with Crippen molar-refractivity contribution in [1.29, 1.82) is 0 Å². The van der Waals surface area contributed by atoms with Gasteiger partial charge in [0.1, 0.15) is 0 Å². The Balaban J connectivity index is 2.14. The van der Waals surface area contributed by atoms with Crippen LogP contribution in [0.25, 0.3) is 0 Å². The molecule has 0 atom stereocenters. The zero-order valence-electron chi connectivity index (χ0n) is 12.9. The van der Waals surface area contributed by atoms with Gasteiger partial charge < -0.3 is 9.80 Å². The topological polar surface area (TPSA) is 6.48 Å². The lowest BCUT2D eigenvalue weighted by Gasteiger charge is -2.17. The second-order valence-corrected chi connectivity index (χ2v) is 5.75. The van der Waals surface area contributed by atoms with E-state index < -0.39 is 0 Å². The summed E-state index contributed by atoms with van der Waals surface area (Å²) in [6.07, 6.45) is 0.983. The number of benzene rings is 2. The highest BCUT2D eigenvalue weighted by atomic mass is 15.1. The van der Waals surface area contributed by atoms with E-state index in [-0.39, 0.29) is 0 Å². The maximum absolute atomic E-state index is 2.24. The summed E-state index contributed by atoms with van der Waals surface area (Å²) in [7, 11) is 8.39. The lowest BCUT2D eigenvalue weighted by atomic mass is 10.0. The van der Waals surface area contributed by atoms with Crippen LogP contribution in [0.15, 0.2) is 48.5 Å². The lowest BCUT2D eigenvalue weighted by molar-refractivity contribution is 0.402. The van der Waals surface area contributed by atoms with Crippen molar-refractivity contribution < 1.29 is 0 Å². The smallest absolute Gasteiger partial charge is 0.0396 e. The predicted molar refractivity (Wildman–Crippen MR) is 87.4 cm³/mol. The molecule has 0 spiro atoms. The van der Waals surface area contributed by atoms with Crippen LogP contribution >= 0.6 is 0 Å². The normalized spacial score (nSPS) is 10.8. The molecule has 0 aliphatic rings. The maximum Gasteiger partial charge on any atom is 0.0396 e. The van der Waals surface area contributed by atoms with E-state index in [2.05, 4.69) is 86.5 Å². The molecule has 2 aromatic carbocycles. The zero-order valence-corrected chi connectivity index (χ0v) is 12.9. The van der Waals surface area contributed by atoms with E-state index in [1.54, 1.807) is 0 Å². The third kappa shape index (κ3) is 3.84. The van der Waals surface area contributed by atoms with Crippen molar-refractivity contribution in [2.75, 3.05) is 33.1 Å². The number of hydrogen-bond acceptors (Lipinski definition) is 2. The molecule has 20 heavy (non-hydrogen) atoms. The molecule has 106 valence electrons. The molecule has 2 aromatic rings. The van der Waals surface area contributed by atoms with Gasteiger partial charge in [0.25, 0.3) is 0 Å². The van der Waals surface area contributed by atoms with Crippen LogP contribution in [-0.4, -0.2) is 33.1 Å². The van der Waals surface area contributed by atoms with Gasteiger partial charge in [-0.3, -0.25) is 0 Å². The standard InChI is InChI=1S/C18H24N2/c1-19(2)14-16-11-9-15(10-12-16)13-17-7-5-6-8-18(17)20(3)4/h5-12H,13-14H2,1-4H3. The first kappa shape index (κ1) is 14.6. The first-order chi connectivity index (χ1) is 9.56. The summed E-state index contributed by atoms with van der Waals surface area (Å²) in [6, 6.07) is 17.5. The van der Waals surface area contributed by atoms with E-state index in [0.717, 1.165) is 13.0 Å². The highest BCUT2D eigenvalue weighted by Crippen LogP contribution is 2.21. The van der Waals surface area contributed by atoms with Gasteiger partial charge in [0.2, 0.25) is 0 Å². The Hall–Kier alpha value is -1.80. The minimum absolute atomic E-state index is 0.983. The van der Waals surface area contributed by atoms with Crippen molar-refractivity contribution in [2.24, 2.45) is 0 Å². The summed E-state index contributed by atoms with van der Waals surface area (Å²) in [5, 5.41) is 0. The third-order valence-corrected chi connectivity index (χ3v) is 3.39. The molecular formula is C18H24N2. The van der Waals surface area contributed by atoms with Crippen LogP contribution in [0.4, 0.5) is 5.69 Å². The first-order valence-corrected chi connectivity index (χ1v) is 7.04. The molecule has 0 aromatic heterocycles. The van der Waals surface area contributed by atoms with Gasteiger partial charge in [0.15, 0.2) is 0 Å². The van der Waals surface area contributed by atoms with Crippen LogP contribution < -0.4 is 4.90 Å². The first-order valence-electron chi connectivity index (χ1n) is 7.04. The molecule has 0 fully saturated rings. The summed E-state index contributed by atoms with van der Waals surface area (Å²) in [5.74, 6) is 0. The monoisotopic (exact) mass is 268 g/mol. The molecule has 0 N–H and O–H groups in total. The van der Waals surface area contributed by atoms with Gasteiger partial charge in [-0.1, -0.05) is 42.5 Å². The van der Waals surface area contributed by atoms with Gasteiger partial charge >= 0.3 is 0 Å². The average molecular weight is 268 g/mol. The number of anilines is 1. The second kappa shape index (κ2) is 6.58. The molecule has 0 saturated carbocycles. The fourth-order valence-corrected chi connectivity index (χ4v) is 2.44. The van der Waals surface area contributed by atoms with Crippen LogP contribution in [0.1, 0.15) is 16.7 Å². The van der Waals surface area contributed by atoms with E-state index >= 15 is 0 Å². The number of hydrogen-bond donors (Lipinski definition) is 0. The molecule has 2 rings (SSSR count). The number of rotatable bonds is 5. The van der Waals surface area contributed by atoms with E-state index in [1.807, 2.05) is 0 Å². The van der Waals surface area contributed by atoms with Crippen LogP contribution in [0.5, 0.6) is 0 Å². The molecule has 0 aliphatic carbocycles. The third-order valence-electron chi connectivity index (χ3n) is 3.39. The van der Waals surface area contributed by atoms with Crippen molar-refractivity contribution in [1.82, 2.24) is 4.90 Å². The highest BCUT2D eigenvalue weighted by Gasteiger charge is 2.05. The summed E-state index contributed by atoms with van der Waals surface area (Å²) in [5.41, 5.74) is 5.39. The van der Waals surface area contributed by atoms with Crippen LogP contribution in [0.3, 0.4) is 0 Å². The van der Waals surface area contributed by atoms with Gasteiger partial charge in [0.05, 0.1) is 0 Å². The predicted octanol–water partition coefficient (Wildman–Crippen LogP) is 3.41. The van der Waals surface area contributed by atoms with E-state index in [4.69, 9.17) is 0 Å². The lowest BCUT2D eigenvalue weighted by Crippen LogP contribution is -2.11. The molecule has 0 saturated heterocycles. The Morgan fingerprint density at radius 1 is 0.750 bits per heavy atom. The summed E-state index contributed by atoms with van der Waals surface area (Å²) < 4.78 is 0. The Bertz CT molecular complexity index is 542. The van der Waals surface area contributed by atoms with Crippen molar-refractivity contribution in [3.8, 4) is 0 Å². The fourth-order valence-electron chi connectivity index (χ4n) is 2.44. The SMILES string of the molecule is CN(C)Cc1ccc(Cc2ccccc2N(C)C)cc1. The summed E-state index contributed by atoms with van der Waals surface area (Å²) >= 11 is 0. The number of nitrogens with zero attached hydrogens (tertiary/aromatic N) is 2. The van der Waals surface area contributed by atoms with Gasteiger partial charge in [-0.05, 0) is 43.3 Å². The summed E-state index contributed by atoms with van der Waals surface area (Å²) in [6.45, 7) is 0.995. The number of para-hydroxylation sites is 1. The van der Waals surface area contributed by atoms with Gasteiger partial charge in [0, 0.05) is 26.3 Å². The molecule has 2 nitrogen and oxygen atoms in total. The molecule has 0 heterocycles. The van der Waals surface area contributed by atoms with Gasteiger partial charge in [-0.2, -0.15) is 0 Å². The van der Waals surface area contributed by atoms with Gasteiger partial charge in [-0.25, -0.2) is 0 Å². The van der Waals surface area contributed by atoms with Crippen molar-refractivity contribution in [2.45, 2.75) is 13.0 Å². The Morgan fingerprint density at radius 3 is 1.95 bits per heavy atom. The van der Waals surface area contributed by atoms with E-state index in [0.29, 0.717) is 0 Å². The highest BCUT2D eigenvalue weighted by molar-refractivity contribution is 5.54. The Kier molecular flexibility index (Phi) is 4.80. The maximum atomic E-state index is 2.24. The minimum Gasteiger partial charge on any atom is -0.377 e. The van der Waals surface area contributed by atoms with Crippen molar-refractivity contribution in [3.05, 3.63) is 65.2 Å². The van der Waals surface area contributed by atoms with Crippen molar-refractivity contribution >= 4 is 5.69 Å². The molecule has 0 aliphatic heterocycles. The molecular weight excluding hydrogens is 244 g/mol. The van der Waals surface area contributed by atoms with Crippen LogP contribution in [0, 0.1) is 0 Å². The zero-order chi connectivity index (χ0) is 14.5. The molecule has 0 bridgehead atoms. The molecule has 0 amide bonds. The average Bonchev–Trinajstić information content (AvgIpc) is 2.41. The Morgan fingerprint density at radius 2 is 1.35 bits per heavy atom. The van der Waals surface area contributed by atoms with Gasteiger partial charge in [-0.15, -0.1) is 0 Å². The molecule has 2 heteroatoms. The molecule has 0 unspecified atom stereocenters. The Labute approximate surface area is 122 Å².